The van der Waals surface area contributed by atoms with E-state index in [4.69, 9.17) is 47.9 Å². The number of carboxylic acid groups (broad SMARTS) is 1. The number of esters is 1. The van der Waals surface area contributed by atoms with E-state index in [0.717, 1.165) is 16.7 Å². The fourth-order valence-electron chi connectivity index (χ4n) is 5.51. The molecule has 302 valence electrons. The summed E-state index contributed by atoms with van der Waals surface area (Å²) in [5.74, 6) is -3.37. The predicted octanol–water partition coefficient (Wildman–Crippen LogP) is 6.73. The van der Waals surface area contributed by atoms with Gasteiger partial charge in [-0.3, -0.25) is 4.79 Å². The van der Waals surface area contributed by atoms with Gasteiger partial charge in [-0.05, 0) is 48.6 Å². The van der Waals surface area contributed by atoms with Crippen molar-refractivity contribution >= 4 is 55.9 Å². The minimum absolute atomic E-state index is 0.0390. The molecule has 0 aromatic heterocycles. The number of nitrogens with one attached hydrogen (secondary N) is 1. The van der Waals surface area contributed by atoms with Crippen molar-refractivity contribution in [2.45, 2.75) is 18.8 Å². The number of carboxylic acids is 1. The van der Waals surface area contributed by atoms with Gasteiger partial charge in [0.25, 0.3) is 5.91 Å². The molecule has 0 aliphatic carbocycles. The van der Waals surface area contributed by atoms with E-state index in [1.807, 2.05) is 54.6 Å². The number of aliphatic hydroxyl groups is 1. The van der Waals surface area contributed by atoms with Crippen molar-refractivity contribution in [3.8, 4) is 56.8 Å². The van der Waals surface area contributed by atoms with E-state index in [1.54, 1.807) is 0 Å². The zero-order chi connectivity index (χ0) is 41.4. The zero-order valence-corrected chi connectivity index (χ0v) is 33.1. The first-order valence-electron chi connectivity index (χ1n) is 16.3. The number of ether oxygens (including phenoxy) is 7. The Morgan fingerprint density at radius 1 is 0.825 bits per heavy atom. The fraction of sp³-hybridized carbons (Fsp3) is 0.243. The quantitative estimate of drug-likeness (QED) is 0.0771. The molecule has 4 aromatic rings. The Balaban J connectivity index is 0.000000811. The van der Waals surface area contributed by atoms with E-state index in [-0.39, 0.29) is 85.9 Å². The average Bonchev–Trinajstić information content (AvgIpc) is 3.89. The Hall–Kier alpha value is -5.73. The molecular formula is C37H31Br2F3N2O13. The lowest BCUT2D eigenvalue weighted by atomic mass is 9.91. The van der Waals surface area contributed by atoms with Gasteiger partial charge in [0.05, 0.1) is 60.3 Å². The number of carbonyl (C=O) groups is 3. The number of nitrogens with zero attached hydrogens (tertiary/aromatic N) is 1. The van der Waals surface area contributed by atoms with Crippen LogP contribution in [0.2, 0.25) is 0 Å². The van der Waals surface area contributed by atoms with Crippen LogP contribution in [0.3, 0.4) is 0 Å². The molecule has 1 unspecified atom stereocenters. The summed E-state index contributed by atoms with van der Waals surface area (Å²) in [4.78, 5) is 42.0. The van der Waals surface area contributed by atoms with Gasteiger partial charge in [-0.15, -0.1) is 0 Å². The number of alkyl halides is 3. The molecule has 2 aliphatic rings. The topological polar surface area (TPSA) is 190 Å². The molecule has 2 aliphatic heterocycles. The van der Waals surface area contributed by atoms with Gasteiger partial charge < -0.3 is 53.5 Å². The fourth-order valence-corrected chi connectivity index (χ4v) is 6.93. The summed E-state index contributed by atoms with van der Waals surface area (Å²) in [6, 6.07) is 16.8. The lowest BCUT2D eigenvalue weighted by Crippen LogP contribution is -2.39. The Bertz CT molecular complexity index is 2170. The summed E-state index contributed by atoms with van der Waals surface area (Å²) < 4.78 is 71.6. The summed E-state index contributed by atoms with van der Waals surface area (Å²) >= 11 is 6.96. The lowest BCUT2D eigenvalue weighted by molar-refractivity contribution is -0.192. The summed E-state index contributed by atoms with van der Waals surface area (Å²) in [6.07, 6.45) is -3.81. The number of hydrogen-bond acceptors (Lipinski definition) is 13. The highest BCUT2D eigenvalue weighted by molar-refractivity contribution is 9.11. The number of aliphatic hydroxyl groups excluding tert-OH is 1. The van der Waals surface area contributed by atoms with Crippen molar-refractivity contribution in [1.29, 1.82) is 0 Å². The van der Waals surface area contributed by atoms with Crippen LogP contribution >= 0.6 is 31.9 Å². The molecule has 1 amide bonds. The van der Waals surface area contributed by atoms with Gasteiger partial charge in [0.15, 0.2) is 23.0 Å². The first kappa shape index (κ1) is 42.4. The smallest absolute Gasteiger partial charge is 0.490 e. The molecule has 0 saturated heterocycles. The van der Waals surface area contributed by atoms with Crippen LogP contribution in [0.4, 0.5) is 13.2 Å². The Morgan fingerprint density at radius 3 is 1.81 bits per heavy atom. The molecule has 1 atom stereocenters. The van der Waals surface area contributed by atoms with Crippen LogP contribution in [-0.4, -0.2) is 88.0 Å². The molecule has 20 heteroatoms. The molecule has 0 spiro atoms. The Kier molecular flexibility index (Phi) is 13.7. The number of rotatable bonds is 12. The molecule has 4 aromatic carbocycles. The number of hydrogen-bond donors (Lipinski definition) is 3. The van der Waals surface area contributed by atoms with Gasteiger partial charge >= 0.3 is 18.1 Å². The maximum absolute atomic E-state index is 14.2. The lowest BCUT2D eigenvalue weighted by Gasteiger charge is -2.22. The molecule has 0 radical (unpaired) electrons. The van der Waals surface area contributed by atoms with Crippen molar-refractivity contribution in [3.63, 3.8) is 0 Å². The molecule has 0 saturated carbocycles. The van der Waals surface area contributed by atoms with Crippen molar-refractivity contribution in [3.05, 3.63) is 80.2 Å². The summed E-state index contributed by atoms with van der Waals surface area (Å²) in [6.45, 7) is -0.775. The first-order chi connectivity index (χ1) is 27.3. The number of oxime groups is 1. The highest BCUT2D eigenvalue weighted by Crippen LogP contribution is 2.60. The van der Waals surface area contributed by atoms with Gasteiger partial charge in [-0.1, -0.05) is 59.8 Å². The Labute approximate surface area is 338 Å². The summed E-state index contributed by atoms with van der Waals surface area (Å²) in [5.41, 5.74) is 3.15. The molecule has 3 N–H and O–H groups in total. The summed E-state index contributed by atoms with van der Waals surface area (Å²) in [7, 11) is 4.02. The maximum Gasteiger partial charge on any atom is 0.490 e. The number of carbonyl (C=O) groups excluding carboxylic acids is 2. The van der Waals surface area contributed by atoms with Crippen molar-refractivity contribution in [2.24, 2.45) is 5.16 Å². The molecule has 0 fully saturated rings. The van der Waals surface area contributed by atoms with Crippen LogP contribution in [0.25, 0.3) is 22.3 Å². The normalized spacial score (nSPS) is 13.0. The number of aliphatic carboxylic acids is 1. The second kappa shape index (κ2) is 18.5. The van der Waals surface area contributed by atoms with Gasteiger partial charge in [0.1, 0.15) is 6.61 Å². The van der Waals surface area contributed by atoms with Gasteiger partial charge in [-0.2, -0.15) is 13.2 Å². The molecule has 6 rings (SSSR count). The largest absolute Gasteiger partial charge is 0.492 e. The second-order valence-corrected chi connectivity index (χ2v) is 13.1. The third-order valence-corrected chi connectivity index (χ3v) is 9.58. The average molecular weight is 928 g/mol. The second-order valence-electron chi connectivity index (χ2n) is 11.5. The van der Waals surface area contributed by atoms with Crippen LogP contribution in [0.5, 0.6) is 34.5 Å². The van der Waals surface area contributed by atoms with Crippen molar-refractivity contribution < 1.29 is 75.8 Å². The van der Waals surface area contributed by atoms with Gasteiger partial charge in [0.2, 0.25) is 25.1 Å². The molecular weight excluding hydrogens is 897 g/mol. The Morgan fingerprint density at radius 2 is 1.32 bits per heavy atom. The third kappa shape index (κ3) is 9.13. The minimum atomic E-state index is -5.08. The van der Waals surface area contributed by atoms with Crippen LogP contribution in [0.1, 0.15) is 26.3 Å². The monoisotopic (exact) mass is 926 g/mol. The van der Waals surface area contributed by atoms with E-state index >= 15 is 0 Å². The van der Waals surface area contributed by atoms with E-state index in [1.165, 1.54) is 27.5 Å². The molecule has 57 heavy (non-hydrogen) atoms. The maximum atomic E-state index is 14.2. The van der Waals surface area contributed by atoms with Crippen LogP contribution < -0.4 is 33.7 Å². The molecule has 2 heterocycles. The standard InChI is InChI=1S/C35H30Br2N2O11.C2HF3O2/c1-43-30-26(36)24(34(41)39-21(14-40)13-38-50-15-18-9-11-20(12-10-18)19-7-5-4-6-8-19)22(28-32(30)48-16-46-28)23-25(35(42)45-3)27(37)31(44-2)33-29(23)47-17-49-33;3-2(4,5)1(6)7/h4-13,21,40H,14-17H2,1-3H3,(H,39,41);(H,6,7)/b38-13+;. The van der Waals surface area contributed by atoms with Crippen molar-refractivity contribution in [2.75, 3.05) is 41.5 Å². The highest BCUT2D eigenvalue weighted by atomic mass is 79.9. The van der Waals surface area contributed by atoms with Crippen LogP contribution in [-0.2, 0) is 21.0 Å². The van der Waals surface area contributed by atoms with E-state index in [2.05, 4.69) is 42.3 Å². The highest BCUT2D eigenvalue weighted by Gasteiger charge is 2.41. The van der Waals surface area contributed by atoms with E-state index in [0.29, 0.717) is 0 Å². The third-order valence-electron chi connectivity index (χ3n) is 8.07. The van der Waals surface area contributed by atoms with Gasteiger partial charge in [-0.25, -0.2) is 9.59 Å². The SMILES string of the molecule is COC(=O)c1c(Br)c(OC)c2c(c1-c1c3c(c(OC)c(Br)c1C(=O)NC(/C=N/OCc1ccc(-c4ccccc4)cc1)CO)OCO3)OCO2.O=C(O)C(F)(F)F. The van der Waals surface area contributed by atoms with Gasteiger partial charge in [0, 0.05) is 11.1 Å². The van der Waals surface area contributed by atoms with E-state index in [9.17, 15) is 27.9 Å². The zero-order valence-electron chi connectivity index (χ0n) is 29.9. The van der Waals surface area contributed by atoms with E-state index < -0.39 is 36.7 Å². The predicted molar refractivity (Wildman–Crippen MR) is 201 cm³/mol. The number of amides is 1. The number of benzene rings is 4. The number of halogens is 5. The van der Waals surface area contributed by atoms with Crippen LogP contribution in [0.15, 0.2) is 68.7 Å². The van der Waals surface area contributed by atoms with Crippen molar-refractivity contribution in [1.82, 2.24) is 5.32 Å². The minimum Gasteiger partial charge on any atom is -0.492 e. The number of methoxy groups -OCH3 is 3. The van der Waals surface area contributed by atoms with Crippen LogP contribution in [0, 0.1) is 0 Å². The molecule has 0 bridgehead atoms. The number of fused-ring (bicyclic) bond motifs is 2. The first-order valence-corrected chi connectivity index (χ1v) is 17.8. The summed E-state index contributed by atoms with van der Waals surface area (Å²) in [5, 5.41) is 24.1. The molecule has 15 nitrogen and oxygen atoms in total.